The maximum absolute atomic E-state index is 11.1. The Hall–Kier alpha value is -2.01. The molecule has 2 rings (SSSR count). The molecule has 0 spiro atoms. The molecule has 0 atom stereocenters. The number of aromatic amines is 1. The highest BCUT2D eigenvalue weighted by atomic mass is 35.5. The highest BCUT2D eigenvalue weighted by Gasteiger charge is 2.05. The van der Waals surface area contributed by atoms with Gasteiger partial charge in [-0.25, -0.2) is 0 Å². The quantitative estimate of drug-likeness (QED) is 0.654. The fraction of sp³-hybridized carbons (Fsp3) is 0. The van der Waals surface area contributed by atoms with Gasteiger partial charge in [0.2, 0.25) is 5.88 Å². The molecular weight excluding hydrogens is 230 g/mol. The highest BCUT2D eigenvalue weighted by Crippen LogP contribution is 2.24. The average Bonchev–Trinajstić information content (AvgIpc) is 2.20. The van der Waals surface area contributed by atoms with Gasteiger partial charge in [0.25, 0.3) is 5.56 Å². The second-order valence-electron chi connectivity index (χ2n) is 3.19. The zero-order valence-electron chi connectivity index (χ0n) is 8.07. The molecule has 0 saturated carbocycles. The highest BCUT2D eigenvalue weighted by molar-refractivity contribution is 6.33. The van der Waals surface area contributed by atoms with Crippen LogP contribution < -0.4 is 11.3 Å². The van der Waals surface area contributed by atoms with Gasteiger partial charge in [-0.15, -0.1) is 0 Å². The summed E-state index contributed by atoms with van der Waals surface area (Å²) in [5, 5.41) is 9.61. The second-order valence-corrected chi connectivity index (χ2v) is 3.60. The molecule has 2 aromatic rings. The number of nitrogens with one attached hydrogen (secondary N) is 1. The van der Waals surface area contributed by atoms with Crippen molar-refractivity contribution in [2.45, 2.75) is 0 Å². The van der Waals surface area contributed by atoms with Crippen molar-refractivity contribution >= 4 is 17.3 Å². The van der Waals surface area contributed by atoms with Crippen LogP contribution in [0.2, 0.25) is 5.02 Å². The first-order valence-corrected chi connectivity index (χ1v) is 4.80. The largest absolute Gasteiger partial charge is 0.493 e. The first kappa shape index (κ1) is 10.5. The first-order valence-electron chi connectivity index (χ1n) is 4.42. The summed E-state index contributed by atoms with van der Waals surface area (Å²) in [7, 11) is 0. The fourth-order valence-corrected chi connectivity index (χ4v) is 1.39. The molecule has 0 radical (unpaired) electrons. The Morgan fingerprint density at radius 3 is 2.75 bits per heavy atom. The number of H-pyrrole nitrogens is 1. The van der Waals surface area contributed by atoms with Crippen LogP contribution >= 0.6 is 11.6 Å². The van der Waals surface area contributed by atoms with Gasteiger partial charge in [-0.2, -0.15) is 4.98 Å². The fourth-order valence-electron chi connectivity index (χ4n) is 1.27. The zero-order chi connectivity index (χ0) is 11.7. The predicted molar refractivity (Wildman–Crippen MR) is 61.4 cm³/mol. The summed E-state index contributed by atoms with van der Waals surface area (Å²) in [5.41, 5.74) is 6.14. The number of halogens is 1. The van der Waals surface area contributed by atoms with Crippen LogP contribution in [0.15, 0.2) is 29.1 Å². The summed E-state index contributed by atoms with van der Waals surface area (Å²) in [4.78, 5) is 17.4. The summed E-state index contributed by atoms with van der Waals surface area (Å²) in [6.07, 6.45) is 0. The maximum Gasteiger partial charge on any atom is 0.254 e. The monoisotopic (exact) mass is 237 g/mol. The Bertz CT molecular complexity index is 595. The van der Waals surface area contributed by atoms with Gasteiger partial charge in [-0.05, 0) is 18.2 Å². The number of nitrogens with two attached hydrogens (primary N) is 1. The normalized spacial score (nSPS) is 10.3. The van der Waals surface area contributed by atoms with Crippen LogP contribution in [0.3, 0.4) is 0 Å². The van der Waals surface area contributed by atoms with E-state index in [1.54, 1.807) is 18.2 Å². The van der Waals surface area contributed by atoms with Crippen LogP contribution in [0.25, 0.3) is 11.4 Å². The molecule has 4 N–H and O–H groups in total. The van der Waals surface area contributed by atoms with Gasteiger partial charge in [0.15, 0.2) is 0 Å². The number of aromatic nitrogens is 2. The van der Waals surface area contributed by atoms with Gasteiger partial charge in [-0.3, -0.25) is 4.79 Å². The Balaban J connectivity index is 2.58. The van der Waals surface area contributed by atoms with E-state index >= 15 is 0 Å². The van der Waals surface area contributed by atoms with Crippen molar-refractivity contribution < 1.29 is 5.11 Å². The molecule has 0 aliphatic rings. The zero-order valence-corrected chi connectivity index (χ0v) is 8.82. The van der Waals surface area contributed by atoms with E-state index in [4.69, 9.17) is 17.3 Å². The van der Waals surface area contributed by atoms with Crippen molar-refractivity contribution in [3.63, 3.8) is 0 Å². The molecule has 82 valence electrons. The van der Waals surface area contributed by atoms with E-state index in [9.17, 15) is 9.90 Å². The third-order valence-corrected chi connectivity index (χ3v) is 2.34. The van der Waals surface area contributed by atoms with Crippen molar-refractivity contribution in [1.29, 1.82) is 0 Å². The van der Waals surface area contributed by atoms with Gasteiger partial charge in [0.1, 0.15) is 5.82 Å². The lowest BCUT2D eigenvalue weighted by Crippen LogP contribution is -2.06. The minimum Gasteiger partial charge on any atom is -0.493 e. The summed E-state index contributed by atoms with van der Waals surface area (Å²) >= 11 is 5.76. The van der Waals surface area contributed by atoms with E-state index in [2.05, 4.69) is 9.97 Å². The molecule has 6 heteroatoms. The molecule has 0 amide bonds. The van der Waals surface area contributed by atoms with Crippen LogP contribution in [-0.2, 0) is 0 Å². The van der Waals surface area contributed by atoms with Gasteiger partial charge in [-0.1, -0.05) is 11.6 Å². The van der Waals surface area contributed by atoms with Gasteiger partial charge in [0, 0.05) is 5.56 Å². The minimum atomic E-state index is -0.434. The van der Waals surface area contributed by atoms with E-state index in [1.807, 2.05) is 0 Å². The average molecular weight is 238 g/mol. The van der Waals surface area contributed by atoms with E-state index in [1.165, 1.54) is 0 Å². The Morgan fingerprint density at radius 1 is 1.38 bits per heavy atom. The smallest absolute Gasteiger partial charge is 0.254 e. The van der Waals surface area contributed by atoms with E-state index in [-0.39, 0.29) is 11.7 Å². The number of nitrogen functional groups attached to an aromatic ring is 1. The first-order chi connectivity index (χ1) is 7.56. The molecule has 0 unspecified atom stereocenters. The van der Waals surface area contributed by atoms with Gasteiger partial charge < -0.3 is 15.8 Å². The summed E-state index contributed by atoms with van der Waals surface area (Å²) < 4.78 is 0. The molecular formula is C10H8ClN3O2. The molecule has 0 saturated heterocycles. The molecule has 0 aliphatic carbocycles. The van der Waals surface area contributed by atoms with Crippen molar-refractivity contribution in [2.75, 3.05) is 5.73 Å². The summed E-state index contributed by atoms with van der Waals surface area (Å²) in [6.45, 7) is 0. The number of hydrogen-bond donors (Lipinski definition) is 3. The summed E-state index contributed by atoms with van der Waals surface area (Å²) in [6, 6.07) is 5.80. The summed E-state index contributed by atoms with van der Waals surface area (Å²) in [5.74, 6) is -0.0966. The molecule has 0 bridgehead atoms. The van der Waals surface area contributed by atoms with E-state index in [0.717, 1.165) is 6.07 Å². The Kier molecular flexibility index (Phi) is 2.54. The molecule has 1 heterocycles. The Morgan fingerprint density at radius 2 is 2.12 bits per heavy atom. The van der Waals surface area contributed by atoms with Crippen molar-refractivity contribution in [2.24, 2.45) is 0 Å². The van der Waals surface area contributed by atoms with Crippen LogP contribution in [0.4, 0.5) is 5.69 Å². The number of rotatable bonds is 1. The molecule has 0 fully saturated rings. The van der Waals surface area contributed by atoms with Crippen molar-refractivity contribution in [3.05, 3.63) is 39.6 Å². The van der Waals surface area contributed by atoms with Crippen LogP contribution in [-0.4, -0.2) is 15.1 Å². The number of benzene rings is 1. The van der Waals surface area contributed by atoms with Gasteiger partial charge in [0.05, 0.1) is 16.8 Å². The van der Waals surface area contributed by atoms with Gasteiger partial charge >= 0.3 is 0 Å². The molecule has 1 aromatic carbocycles. The van der Waals surface area contributed by atoms with Crippen LogP contribution in [0.5, 0.6) is 5.88 Å². The standard InChI is InChI=1S/C10H8ClN3O2/c11-6-2-1-5(3-7(6)12)10-13-8(15)4-9(16)14-10/h1-4H,12H2,(H2,13,14,15,16). The van der Waals surface area contributed by atoms with Crippen LogP contribution in [0.1, 0.15) is 0 Å². The number of nitrogens with zero attached hydrogens (tertiary/aromatic N) is 1. The SMILES string of the molecule is Nc1cc(-c2nc(O)cc(=O)[nH]2)ccc1Cl. The predicted octanol–water partition coefficient (Wildman–Crippen LogP) is 1.38. The minimum absolute atomic E-state index is 0.244. The molecule has 5 nitrogen and oxygen atoms in total. The second kappa shape index (κ2) is 3.86. The molecule has 1 aromatic heterocycles. The number of anilines is 1. The van der Waals surface area contributed by atoms with E-state index < -0.39 is 5.56 Å². The third kappa shape index (κ3) is 1.99. The number of aromatic hydroxyl groups is 1. The number of hydrogen-bond acceptors (Lipinski definition) is 4. The Labute approximate surface area is 95.5 Å². The van der Waals surface area contributed by atoms with Crippen LogP contribution in [0, 0.1) is 0 Å². The molecule has 0 aliphatic heterocycles. The van der Waals surface area contributed by atoms with E-state index in [0.29, 0.717) is 16.3 Å². The lowest BCUT2D eigenvalue weighted by molar-refractivity contribution is 0.452. The topological polar surface area (TPSA) is 92.0 Å². The lowest BCUT2D eigenvalue weighted by atomic mass is 10.2. The van der Waals surface area contributed by atoms with Crippen molar-refractivity contribution in [3.8, 4) is 17.3 Å². The lowest BCUT2D eigenvalue weighted by Gasteiger charge is -2.03. The van der Waals surface area contributed by atoms with Crippen molar-refractivity contribution in [1.82, 2.24) is 9.97 Å². The third-order valence-electron chi connectivity index (χ3n) is 2.00. The maximum atomic E-state index is 11.1. The molecule has 16 heavy (non-hydrogen) atoms.